The van der Waals surface area contributed by atoms with Gasteiger partial charge in [-0.1, -0.05) is 36.1 Å². The minimum atomic E-state index is -0.831. The third-order valence-electron chi connectivity index (χ3n) is 4.17. The van der Waals surface area contributed by atoms with Crippen molar-refractivity contribution in [1.82, 2.24) is 4.90 Å². The highest BCUT2D eigenvalue weighted by atomic mass is 16.3. The molecule has 1 aliphatic rings. The van der Waals surface area contributed by atoms with Gasteiger partial charge >= 0.3 is 0 Å². The van der Waals surface area contributed by atoms with Crippen LogP contribution in [0.4, 0.5) is 0 Å². The highest BCUT2D eigenvalue weighted by Gasteiger charge is 2.24. The molecule has 0 bridgehead atoms. The summed E-state index contributed by atoms with van der Waals surface area (Å²) in [5, 5.41) is 9.03. The van der Waals surface area contributed by atoms with Crippen molar-refractivity contribution in [3.63, 3.8) is 0 Å². The van der Waals surface area contributed by atoms with Gasteiger partial charge in [-0.2, -0.15) is 0 Å². The summed E-state index contributed by atoms with van der Waals surface area (Å²) in [6, 6.07) is 15.2. The van der Waals surface area contributed by atoms with Gasteiger partial charge in [-0.3, -0.25) is 4.79 Å². The predicted molar refractivity (Wildman–Crippen MR) is 93.0 cm³/mol. The Morgan fingerprint density at radius 3 is 2.62 bits per heavy atom. The van der Waals surface area contributed by atoms with E-state index in [1.54, 1.807) is 4.90 Å². The minimum Gasteiger partial charge on any atom is -0.394 e. The maximum Gasteiger partial charge on any atom is 0.242 e. The zero-order chi connectivity index (χ0) is 16.9. The molecule has 2 aromatic carbocycles. The van der Waals surface area contributed by atoms with Crippen LogP contribution in [0.25, 0.3) is 0 Å². The van der Waals surface area contributed by atoms with E-state index < -0.39 is 6.04 Å². The van der Waals surface area contributed by atoms with E-state index in [1.807, 2.05) is 42.5 Å². The lowest BCUT2D eigenvalue weighted by atomic mass is 9.97. The number of amides is 1. The summed E-state index contributed by atoms with van der Waals surface area (Å²) in [4.78, 5) is 13.8. The molecule has 1 atom stereocenters. The van der Waals surface area contributed by atoms with Crippen molar-refractivity contribution < 1.29 is 9.90 Å². The number of nitrogens with zero attached hydrogens (tertiary/aromatic N) is 1. The van der Waals surface area contributed by atoms with Crippen molar-refractivity contribution in [3.05, 3.63) is 70.8 Å². The van der Waals surface area contributed by atoms with Gasteiger partial charge in [0.15, 0.2) is 0 Å². The van der Waals surface area contributed by atoms with Crippen LogP contribution in [-0.4, -0.2) is 35.1 Å². The SMILES string of the molecule is N[C@H](CO)C(=O)N1CCc2cc(C#Cc3ccccc3)ccc2C1. The number of aliphatic hydroxyl groups excluding tert-OH is 1. The number of hydrogen-bond acceptors (Lipinski definition) is 3. The summed E-state index contributed by atoms with van der Waals surface area (Å²) in [7, 11) is 0. The lowest BCUT2D eigenvalue weighted by Crippen LogP contribution is -2.47. The van der Waals surface area contributed by atoms with E-state index >= 15 is 0 Å². The second kappa shape index (κ2) is 7.31. The van der Waals surface area contributed by atoms with Crippen LogP contribution in [0.5, 0.6) is 0 Å². The fourth-order valence-corrected chi connectivity index (χ4v) is 2.80. The number of nitrogens with two attached hydrogens (primary N) is 1. The molecule has 122 valence electrons. The molecule has 0 aliphatic carbocycles. The molecular formula is C20H20N2O2. The first-order chi connectivity index (χ1) is 11.7. The van der Waals surface area contributed by atoms with Crippen LogP contribution in [-0.2, 0) is 17.8 Å². The van der Waals surface area contributed by atoms with Crippen LogP contribution < -0.4 is 5.73 Å². The molecule has 4 nitrogen and oxygen atoms in total. The summed E-state index contributed by atoms with van der Waals surface area (Å²) >= 11 is 0. The second-order valence-corrected chi connectivity index (χ2v) is 5.90. The first-order valence-electron chi connectivity index (χ1n) is 8.01. The van der Waals surface area contributed by atoms with Crippen LogP contribution in [0.15, 0.2) is 48.5 Å². The Kier molecular flexibility index (Phi) is 4.95. The van der Waals surface area contributed by atoms with E-state index in [0.29, 0.717) is 13.1 Å². The van der Waals surface area contributed by atoms with Gasteiger partial charge in [-0.15, -0.1) is 0 Å². The third-order valence-corrected chi connectivity index (χ3v) is 4.17. The van der Waals surface area contributed by atoms with Crippen LogP contribution >= 0.6 is 0 Å². The summed E-state index contributed by atoms with van der Waals surface area (Å²) in [6.07, 6.45) is 0.778. The van der Waals surface area contributed by atoms with E-state index in [-0.39, 0.29) is 12.5 Å². The van der Waals surface area contributed by atoms with Crippen molar-refractivity contribution in [2.45, 2.75) is 19.0 Å². The van der Waals surface area contributed by atoms with Gasteiger partial charge in [0.1, 0.15) is 6.04 Å². The Labute approximate surface area is 141 Å². The lowest BCUT2D eigenvalue weighted by Gasteiger charge is -2.30. The Morgan fingerprint density at radius 1 is 1.12 bits per heavy atom. The molecule has 3 N–H and O–H groups in total. The number of carbonyl (C=O) groups excluding carboxylic acids is 1. The Bertz CT molecular complexity index is 790. The van der Waals surface area contributed by atoms with Gasteiger partial charge in [-0.05, 0) is 41.8 Å². The number of rotatable bonds is 2. The summed E-state index contributed by atoms with van der Waals surface area (Å²) in [5.74, 6) is 6.15. The molecule has 1 amide bonds. The average molecular weight is 320 g/mol. The average Bonchev–Trinajstić information content (AvgIpc) is 2.65. The van der Waals surface area contributed by atoms with E-state index in [9.17, 15) is 4.79 Å². The van der Waals surface area contributed by atoms with Gasteiger partial charge in [0.2, 0.25) is 5.91 Å². The Balaban J connectivity index is 1.75. The first-order valence-corrected chi connectivity index (χ1v) is 8.01. The topological polar surface area (TPSA) is 66.6 Å². The van der Waals surface area contributed by atoms with Gasteiger partial charge in [0.25, 0.3) is 0 Å². The van der Waals surface area contributed by atoms with Crippen LogP contribution in [0.2, 0.25) is 0 Å². The lowest BCUT2D eigenvalue weighted by molar-refractivity contribution is -0.134. The highest BCUT2D eigenvalue weighted by molar-refractivity contribution is 5.82. The molecule has 0 radical (unpaired) electrons. The smallest absolute Gasteiger partial charge is 0.242 e. The van der Waals surface area contributed by atoms with Gasteiger partial charge in [0.05, 0.1) is 6.61 Å². The molecule has 0 spiro atoms. The van der Waals surface area contributed by atoms with Crippen molar-refractivity contribution in [1.29, 1.82) is 0 Å². The van der Waals surface area contributed by atoms with Crippen LogP contribution in [0.3, 0.4) is 0 Å². The molecule has 2 aromatic rings. The molecule has 1 aliphatic heterocycles. The fraction of sp³-hybridized carbons (Fsp3) is 0.250. The van der Waals surface area contributed by atoms with E-state index in [2.05, 4.69) is 17.9 Å². The van der Waals surface area contributed by atoms with Gasteiger partial charge in [-0.25, -0.2) is 0 Å². The molecule has 3 rings (SSSR count). The molecule has 0 fully saturated rings. The van der Waals surface area contributed by atoms with Crippen LogP contribution in [0, 0.1) is 11.8 Å². The molecule has 0 saturated heterocycles. The predicted octanol–water partition coefficient (Wildman–Crippen LogP) is 1.29. The molecule has 4 heteroatoms. The summed E-state index contributed by atoms with van der Waals surface area (Å²) in [6.45, 7) is 0.833. The standard InChI is InChI=1S/C20H20N2O2/c21-19(14-23)20(24)22-11-10-17-12-16(8-9-18(17)13-22)7-6-15-4-2-1-3-5-15/h1-5,8-9,12,19,23H,10-11,13-14,21H2/t19-/m1/s1. The fourth-order valence-electron chi connectivity index (χ4n) is 2.80. The van der Waals surface area contributed by atoms with Gasteiger partial charge in [0, 0.05) is 24.2 Å². The molecule has 1 heterocycles. The molecular weight excluding hydrogens is 300 g/mol. The minimum absolute atomic E-state index is 0.198. The molecule has 0 unspecified atom stereocenters. The molecule has 24 heavy (non-hydrogen) atoms. The zero-order valence-electron chi connectivity index (χ0n) is 13.4. The van der Waals surface area contributed by atoms with Crippen molar-refractivity contribution in [2.24, 2.45) is 5.73 Å². The van der Waals surface area contributed by atoms with E-state index in [1.165, 1.54) is 5.56 Å². The highest BCUT2D eigenvalue weighted by Crippen LogP contribution is 2.20. The van der Waals surface area contributed by atoms with E-state index in [4.69, 9.17) is 10.8 Å². The number of hydrogen-bond donors (Lipinski definition) is 2. The maximum atomic E-state index is 12.1. The summed E-state index contributed by atoms with van der Waals surface area (Å²) < 4.78 is 0. The molecule has 0 aromatic heterocycles. The maximum absolute atomic E-state index is 12.1. The van der Waals surface area contributed by atoms with Crippen molar-refractivity contribution >= 4 is 5.91 Å². The number of fused-ring (bicyclic) bond motifs is 1. The van der Waals surface area contributed by atoms with Crippen molar-refractivity contribution in [3.8, 4) is 11.8 Å². The normalized spacial score (nSPS) is 14.3. The second-order valence-electron chi connectivity index (χ2n) is 5.90. The number of aliphatic hydroxyl groups is 1. The third kappa shape index (κ3) is 3.65. The first kappa shape index (κ1) is 16.3. The molecule has 0 saturated carbocycles. The Morgan fingerprint density at radius 2 is 1.88 bits per heavy atom. The number of carbonyl (C=O) groups is 1. The van der Waals surface area contributed by atoms with Crippen LogP contribution in [0.1, 0.15) is 22.3 Å². The number of benzene rings is 2. The largest absolute Gasteiger partial charge is 0.394 e. The quantitative estimate of drug-likeness (QED) is 0.820. The van der Waals surface area contributed by atoms with E-state index in [0.717, 1.165) is 23.1 Å². The Hall–Kier alpha value is -2.61. The van der Waals surface area contributed by atoms with Gasteiger partial charge < -0.3 is 15.7 Å². The van der Waals surface area contributed by atoms with Crippen molar-refractivity contribution in [2.75, 3.05) is 13.2 Å². The monoisotopic (exact) mass is 320 g/mol. The zero-order valence-corrected chi connectivity index (χ0v) is 13.4. The summed E-state index contributed by atoms with van der Waals surface area (Å²) in [5.41, 5.74) is 9.93.